The molecule has 6 bridgehead atoms. The number of cyclic esters (lactones) is 1. The SMILES string of the molecule is CCn1c(-c2cccnc2[C@H](C)OC)c2c3cc(ccc31)-c1cccc(c1)C[C@H](NC(=O)C(C(C)C)N(C)C(=O)[C@H]1CCN(C(=O)C#C[C@@H]3CCCO3)C1)C(=O)N1CCC[C@H](N1)C(=O)OCC(C)(C)C2. The molecule has 70 heavy (non-hydrogen) atoms. The van der Waals surface area contributed by atoms with Gasteiger partial charge in [0.1, 0.15) is 24.2 Å². The summed E-state index contributed by atoms with van der Waals surface area (Å²) in [7, 11) is 3.30. The fourth-order valence-corrected chi connectivity index (χ4v) is 10.7. The van der Waals surface area contributed by atoms with Crippen LogP contribution in [0, 0.1) is 29.1 Å². The molecule has 3 saturated heterocycles. The van der Waals surface area contributed by atoms with E-state index in [-0.39, 0.29) is 49.5 Å². The monoisotopic (exact) mass is 956 g/mol. The van der Waals surface area contributed by atoms with Crippen molar-refractivity contribution in [3.63, 3.8) is 0 Å². The zero-order valence-electron chi connectivity index (χ0n) is 42.0. The van der Waals surface area contributed by atoms with E-state index in [4.69, 9.17) is 19.2 Å². The number of ether oxygens (including phenoxy) is 3. The number of nitrogens with one attached hydrogen (secondary N) is 2. The average Bonchev–Trinajstić information content (AvgIpc) is 4.14. The molecular formula is C55H69N7O8. The summed E-state index contributed by atoms with van der Waals surface area (Å²) in [5, 5.41) is 5.59. The van der Waals surface area contributed by atoms with Crippen molar-refractivity contribution in [2.75, 3.05) is 47.0 Å². The molecule has 1 unspecified atom stereocenters. The Labute approximate surface area is 411 Å². The van der Waals surface area contributed by atoms with Crippen LogP contribution in [-0.4, -0.2) is 125 Å². The van der Waals surface area contributed by atoms with E-state index >= 15 is 0 Å². The third-order valence-corrected chi connectivity index (χ3v) is 14.4. The minimum absolute atomic E-state index is 0.132. The molecule has 3 fully saturated rings. The molecular weight excluding hydrogens is 887 g/mol. The number of hydrazine groups is 1. The second-order valence-electron chi connectivity index (χ2n) is 20.5. The quantitative estimate of drug-likeness (QED) is 0.145. The van der Waals surface area contributed by atoms with E-state index in [2.05, 4.69) is 84.3 Å². The summed E-state index contributed by atoms with van der Waals surface area (Å²) >= 11 is 0. The standard InChI is InChI=1S/C55H69N7O8/c1-9-61-46-21-19-38-30-42(46)43(50(61)41-17-11-24-56-48(41)35(4)68-8)31-55(5,6)33-70-54(67)44-18-12-25-62(58-44)53(66)45(29-36-14-10-15-37(38)28-36)57-51(64)49(34(2)3)59(7)52(65)39-23-26-60(32-39)47(63)22-20-40-16-13-27-69-40/h10-11,14-15,17,19,21,24,28,30,34-35,39-40,44-45,49,58H,9,12-13,16,18,23,25-27,29,31-33H2,1-8H3,(H,57,64)/t35-,39-,40-,44-,45-,49?/m0/s1. The first-order valence-electron chi connectivity index (χ1n) is 25.0. The number of aromatic nitrogens is 2. The third-order valence-electron chi connectivity index (χ3n) is 14.4. The lowest BCUT2D eigenvalue weighted by Crippen LogP contribution is -2.62. The highest BCUT2D eigenvalue weighted by Gasteiger charge is 2.40. The predicted molar refractivity (Wildman–Crippen MR) is 266 cm³/mol. The lowest BCUT2D eigenvalue weighted by Gasteiger charge is -2.37. The third kappa shape index (κ3) is 10.8. The molecule has 2 aromatic heterocycles. The van der Waals surface area contributed by atoms with Crippen LogP contribution in [0.5, 0.6) is 0 Å². The maximum Gasteiger partial charge on any atom is 0.324 e. The normalized spacial score (nSPS) is 22.5. The minimum atomic E-state index is -1.06. The van der Waals surface area contributed by atoms with Gasteiger partial charge in [-0.2, -0.15) is 0 Å². The summed E-state index contributed by atoms with van der Waals surface area (Å²) in [6, 6.07) is 15.8. The van der Waals surface area contributed by atoms with E-state index in [0.717, 1.165) is 62.9 Å². The number of pyridine rings is 1. The van der Waals surface area contributed by atoms with Crippen molar-refractivity contribution in [1.82, 2.24) is 35.1 Å². The van der Waals surface area contributed by atoms with Gasteiger partial charge in [-0.3, -0.25) is 34.0 Å². The van der Waals surface area contributed by atoms with E-state index in [1.807, 2.05) is 39.0 Å². The molecule has 2 aromatic carbocycles. The molecule has 0 spiro atoms. The summed E-state index contributed by atoms with van der Waals surface area (Å²) in [4.78, 5) is 78.4. The largest absolute Gasteiger partial charge is 0.464 e. The number of nitrogens with zero attached hydrogens (tertiary/aromatic N) is 5. The molecule has 4 aliphatic rings. The van der Waals surface area contributed by atoms with Gasteiger partial charge in [0, 0.05) is 81.4 Å². The summed E-state index contributed by atoms with van der Waals surface area (Å²) in [5.74, 6) is 2.86. The Kier molecular flexibility index (Phi) is 15.5. The molecule has 0 aliphatic carbocycles. The Morgan fingerprint density at radius 2 is 1.81 bits per heavy atom. The van der Waals surface area contributed by atoms with Crippen LogP contribution in [0.4, 0.5) is 0 Å². The van der Waals surface area contributed by atoms with Crippen molar-refractivity contribution in [2.45, 2.75) is 123 Å². The van der Waals surface area contributed by atoms with Gasteiger partial charge in [-0.25, -0.2) is 5.43 Å². The number of fused-ring (bicyclic) bond motifs is 6. The Morgan fingerprint density at radius 3 is 2.56 bits per heavy atom. The predicted octanol–water partition coefficient (Wildman–Crippen LogP) is 6.26. The van der Waals surface area contributed by atoms with Crippen molar-refractivity contribution in [3.05, 3.63) is 77.6 Å². The first-order valence-corrected chi connectivity index (χ1v) is 25.0. The highest BCUT2D eigenvalue weighted by molar-refractivity contribution is 5.97. The van der Waals surface area contributed by atoms with Crippen LogP contribution in [0.1, 0.15) is 96.6 Å². The second kappa shape index (κ2) is 21.5. The zero-order valence-corrected chi connectivity index (χ0v) is 42.0. The molecule has 0 saturated carbocycles. The molecule has 6 heterocycles. The maximum absolute atomic E-state index is 14.8. The molecule has 4 aliphatic heterocycles. The molecule has 2 N–H and O–H groups in total. The number of hydrogen-bond donors (Lipinski definition) is 2. The Bertz CT molecular complexity index is 2680. The number of benzene rings is 2. The second-order valence-corrected chi connectivity index (χ2v) is 20.5. The van der Waals surface area contributed by atoms with Gasteiger partial charge in [-0.1, -0.05) is 63.9 Å². The summed E-state index contributed by atoms with van der Waals surface area (Å²) < 4.78 is 19.8. The van der Waals surface area contributed by atoms with Gasteiger partial charge in [0.2, 0.25) is 11.8 Å². The molecule has 15 heteroatoms. The van der Waals surface area contributed by atoms with E-state index in [9.17, 15) is 24.0 Å². The van der Waals surface area contributed by atoms with Crippen molar-refractivity contribution < 1.29 is 38.2 Å². The number of aryl methyl sites for hydroxylation is 1. The van der Waals surface area contributed by atoms with Crippen molar-refractivity contribution in [2.24, 2.45) is 17.3 Å². The van der Waals surface area contributed by atoms with Gasteiger partial charge in [-0.15, -0.1) is 0 Å². The molecule has 372 valence electrons. The highest BCUT2D eigenvalue weighted by Crippen LogP contribution is 2.42. The molecule has 0 radical (unpaired) electrons. The maximum atomic E-state index is 14.8. The smallest absolute Gasteiger partial charge is 0.324 e. The fourth-order valence-electron chi connectivity index (χ4n) is 10.7. The van der Waals surface area contributed by atoms with Gasteiger partial charge in [0.05, 0.1) is 30.0 Å². The van der Waals surface area contributed by atoms with Crippen LogP contribution < -0.4 is 10.7 Å². The first-order chi connectivity index (χ1) is 33.6. The van der Waals surface area contributed by atoms with Gasteiger partial charge in [0.15, 0.2) is 0 Å². The molecule has 8 rings (SSSR count). The average molecular weight is 956 g/mol. The number of likely N-dealkylation sites (N-methyl/N-ethyl adjacent to an activating group) is 1. The van der Waals surface area contributed by atoms with Gasteiger partial charge >= 0.3 is 5.97 Å². The Balaban J connectivity index is 1.12. The van der Waals surface area contributed by atoms with Crippen molar-refractivity contribution in [1.29, 1.82) is 0 Å². The van der Waals surface area contributed by atoms with Crippen LogP contribution in [0.25, 0.3) is 33.3 Å². The van der Waals surface area contributed by atoms with Gasteiger partial charge < -0.3 is 33.9 Å². The fraction of sp³-hybridized carbons (Fsp3) is 0.527. The summed E-state index contributed by atoms with van der Waals surface area (Å²) in [6.45, 7) is 14.5. The van der Waals surface area contributed by atoms with Crippen molar-refractivity contribution >= 4 is 40.5 Å². The van der Waals surface area contributed by atoms with E-state index in [0.29, 0.717) is 51.9 Å². The highest BCUT2D eigenvalue weighted by atomic mass is 16.5. The van der Waals surface area contributed by atoms with Crippen LogP contribution in [0.3, 0.4) is 0 Å². The Morgan fingerprint density at radius 1 is 1.01 bits per heavy atom. The lowest BCUT2D eigenvalue weighted by molar-refractivity contribution is -0.155. The molecule has 6 atom stereocenters. The van der Waals surface area contributed by atoms with Crippen LogP contribution in [-0.2, 0) is 57.6 Å². The number of esters is 1. The molecule has 4 aromatic rings. The van der Waals surface area contributed by atoms with E-state index in [1.54, 1.807) is 25.3 Å². The topological polar surface area (TPSA) is 165 Å². The summed E-state index contributed by atoms with van der Waals surface area (Å²) in [6.07, 6.45) is 5.18. The van der Waals surface area contributed by atoms with Gasteiger partial charge in [-0.05, 0) is 111 Å². The van der Waals surface area contributed by atoms with Crippen LogP contribution >= 0.6 is 0 Å². The molecule has 4 amide bonds. The van der Waals surface area contributed by atoms with Crippen LogP contribution in [0.2, 0.25) is 0 Å². The van der Waals surface area contributed by atoms with Crippen molar-refractivity contribution in [3.8, 4) is 34.2 Å². The lowest BCUT2D eigenvalue weighted by atomic mass is 9.84. The zero-order chi connectivity index (χ0) is 49.9. The summed E-state index contributed by atoms with van der Waals surface area (Å²) in [5.41, 5.74) is 10.4. The number of hydrogen-bond acceptors (Lipinski definition) is 10. The van der Waals surface area contributed by atoms with E-state index in [1.165, 1.54) is 9.91 Å². The number of rotatable bonds is 9. The van der Waals surface area contributed by atoms with E-state index < -0.39 is 47.2 Å². The first kappa shape index (κ1) is 50.3. The number of methoxy groups -OCH3 is 1. The van der Waals surface area contributed by atoms with Crippen LogP contribution in [0.15, 0.2) is 60.8 Å². The number of carbonyl (C=O) groups is 5. The Hall–Kier alpha value is -6.08. The number of likely N-dealkylation sites (tertiary alicyclic amines) is 1. The minimum Gasteiger partial charge on any atom is -0.464 e. The van der Waals surface area contributed by atoms with Gasteiger partial charge in [0.25, 0.3) is 11.8 Å². The number of amides is 4. The molecule has 15 nitrogen and oxygen atoms in total. The number of carbonyl (C=O) groups excluding carboxylic acids is 5.